The summed E-state index contributed by atoms with van der Waals surface area (Å²) in [6, 6.07) is 11.6. The van der Waals surface area contributed by atoms with Crippen molar-refractivity contribution in [1.29, 1.82) is 10.8 Å². The van der Waals surface area contributed by atoms with Crippen molar-refractivity contribution in [2.75, 3.05) is 12.5 Å². The van der Waals surface area contributed by atoms with Gasteiger partial charge in [0.15, 0.2) is 0 Å². The molecule has 2 aromatic heterocycles. The molecule has 0 amide bonds. The van der Waals surface area contributed by atoms with Crippen LogP contribution >= 0.6 is 22.7 Å². The van der Waals surface area contributed by atoms with Gasteiger partial charge in [0, 0.05) is 23.0 Å². The monoisotopic (exact) mass is 626 g/mol. The Labute approximate surface area is 240 Å². The van der Waals surface area contributed by atoms with E-state index in [-0.39, 0.29) is 11.7 Å². The second-order valence-corrected chi connectivity index (χ2v) is 14.4. The number of hydrogen-bond acceptors (Lipinski definition) is 10. The molecular weight excluding hydrogens is 597 g/mol. The highest BCUT2D eigenvalue weighted by Gasteiger charge is 2.27. The maximum atomic E-state index is 9.19. The van der Waals surface area contributed by atoms with Crippen molar-refractivity contribution >= 4 is 75.0 Å². The number of nitrogen functional groups attached to an aromatic ring is 2. The minimum absolute atomic E-state index is 0.0959. The molecule has 40 heavy (non-hydrogen) atoms. The Morgan fingerprint density at radius 2 is 1.05 bits per heavy atom. The average Bonchev–Trinajstić information content (AvgIpc) is 3.45. The molecule has 0 bridgehead atoms. The number of rotatable bonds is 4. The van der Waals surface area contributed by atoms with Gasteiger partial charge in [-0.25, -0.2) is 9.97 Å². The molecule has 0 spiro atoms. The van der Waals surface area contributed by atoms with Crippen LogP contribution in [-0.2, 0) is 20.2 Å². The second-order valence-electron chi connectivity index (χ2n) is 9.31. The number of benzene rings is 2. The van der Waals surface area contributed by atoms with Crippen molar-refractivity contribution in [2.45, 2.75) is 37.5 Å². The lowest BCUT2D eigenvalue weighted by Gasteiger charge is -2.25. The van der Waals surface area contributed by atoms with Gasteiger partial charge in [0.2, 0.25) is 0 Å². The summed E-state index contributed by atoms with van der Waals surface area (Å²) in [5.74, 6) is 1.16. The lowest BCUT2D eigenvalue weighted by atomic mass is 9.82. The zero-order valence-corrected chi connectivity index (χ0v) is 24.9. The molecule has 1 aliphatic rings. The minimum atomic E-state index is -3.67. The molecule has 1 fully saturated rings. The Kier molecular flexibility index (Phi) is 9.97. The largest absolute Gasteiger partial charge is 0.384 e. The summed E-state index contributed by atoms with van der Waals surface area (Å²) in [5.41, 5.74) is 14.7. The van der Waals surface area contributed by atoms with Crippen molar-refractivity contribution in [3.63, 3.8) is 0 Å². The van der Waals surface area contributed by atoms with E-state index >= 15 is 0 Å². The quantitative estimate of drug-likeness (QED) is 0.108. The fourth-order valence-corrected chi connectivity index (χ4v) is 6.51. The van der Waals surface area contributed by atoms with E-state index in [9.17, 15) is 16.8 Å². The van der Waals surface area contributed by atoms with Crippen molar-refractivity contribution < 1.29 is 25.9 Å². The Bertz CT molecular complexity index is 1610. The molecule has 0 saturated heterocycles. The summed E-state index contributed by atoms with van der Waals surface area (Å²) in [6.45, 7) is 0. The van der Waals surface area contributed by atoms with E-state index in [1.807, 2.05) is 36.4 Å². The van der Waals surface area contributed by atoms with Crippen molar-refractivity contribution in [2.24, 2.45) is 11.5 Å². The van der Waals surface area contributed by atoms with E-state index in [1.165, 1.54) is 10.0 Å². The van der Waals surface area contributed by atoms with Crippen molar-refractivity contribution in [3.8, 4) is 0 Å². The molecule has 0 unspecified atom stereocenters. The number of thiazole rings is 2. The van der Waals surface area contributed by atoms with E-state index in [0.717, 1.165) is 57.2 Å². The Morgan fingerprint density at radius 3 is 1.32 bits per heavy atom. The third-order valence-electron chi connectivity index (χ3n) is 5.86. The van der Waals surface area contributed by atoms with Gasteiger partial charge in [-0.05, 0) is 62.1 Å². The summed E-state index contributed by atoms with van der Waals surface area (Å²) < 4.78 is 53.9. The maximum Gasteiger partial charge on any atom is 0.261 e. The third kappa shape index (κ3) is 9.57. The molecule has 1 saturated carbocycles. The number of nitrogens with two attached hydrogens (primary N) is 2. The minimum Gasteiger partial charge on any atom is -0.384 e. The molecule has 0 aliphatic heterocycles. The Balaban J connectivity index is 0.000000381. The first kappa shape index (κ1) is 31.5. The molecule has 12 nitrogen and oxygen atoms in total. The van der Waals surface area contributed by atoms with E-state index in [4.69, 9.17) is 41.4 Å². The fourth-order valence-electron chi connectivity index (χ4n) is 4.16. The van der Waals surface area contributed by atoms with Gasteiger partial charge >= 0.3 is 0 Å². The summed E-state index contributed by atoms with van der Waals surface area (Å²) >= 11 is 3.46. The number of hydrogen-bond donors (Lipinski definition) is 6. The third-order valence-corrected chi connectivity index (χ3v) is 8.22. The van der Waals surface area contributed by atoms with Crippen molar-refractivity contribution in [3.05, 3.63) is 57.5 Å². The van der Waals surface area contributed by atoms with Crippen LogP contribution in [0.4, 0.5) is 0 Å². The standard InChI is InChI=1S/C22H22N6S2.2CH4O3S/c23-19(24)13-5-7-15-17(9-13)29-21(27-15)11-1-2-12(4-3-11)22-28-16-8-6-14(20(25)26)10-18(16)30-22;2*1-5(2,3)4/h5-12H,1-4H2,(H3,23,24)(H3,25,26);2*1H3,(H,2,3,4). The van der Waals surface area contributed by atoms with Gasteiger partial charge in [-0.3, -0.25) is 19.9 Å². The summed E-state index contributed by atoms with van der Waals surface area (Å²) in [6.07, 6.45) is 5.87. The van der Waals surface area contributed by atoms with E-state index in [1.54, 1.807) is 22.7 Å². The van der Waals surface area contributed by atoms with Gasteiger partial charge in [-0.15, -0.1) is 22.7 Å². The highest BCUT2D eigenvalue weighted by Crippen LogP contribution is 2.44. The number of amidine groups is 2. The van der Waals surface area contributed by atoms with Crippen LogP contribution in [0.5, 0.6) is 0 Å². The predicted molar refractivity (Wildman–Crippen MR) is 160 cm³/mol. The molecule has 2 heterocycles. The highest BCUT2D eigenvalue weighted by molar-refractivity contribution is 7.85. The van der Waals surface area contributed by atoms with Crippen LogP contribution < -0.4 is 11.5 Å². The summed E-state index contributed by atoms with van der Waals surface area (Å²) in [5, 5.41) is 17.6. The Hall–Kier alpha value is -3.02. The van der Waals surface area contributed by atoms with Gasteiger partial charge in [-0.1, -0.05) is 0 Å². The summed E-state index contributed by atoms with van der Waals surface area (Å²) in [7, 11) is -7.33. The van der Waals surface area contributed by atoms with Gasteiger partial charge in [0.05, 0.1) is 43.0 Å². The van der Waals surface area contributed by atoms with Gasteiger partial charge in [-0.2, -0.15) is 16.8 Å². The topological polar surface area (TPSA) is 234 Å². The first-order valence-electron chi connectivity index (χ1n) is 11.8. The first-order valence-corrected chi connectivity index (χ1v) is 17.2. The zero-order chi connectivity index (χ0) is 29.8. The number of fused-ring (bicyclic) bond motifs is 2. The lowest BCUT2D eigenvalue weighted by molar-refractivity contribution is 0.395. The molecule has 4 aromatic rings. The van der Waals surface area contributed by atoms with Crippen LogP contribution in [-0.4, -0.2) is 60.1 Å². The molecular formula is C24H30N6O6S4. The van der Waals surface area contributed by atoms with Crippen LogP contribution in [0.1, 0.15) is 58.7 Å². The fraction of sp³-hybridized carbons (Fsp3) is 0.333. The van der Waals surface area contributed by atoms with E-state index in [0.29, 0.717) is 24.3 Å². The predicted octanol–water partition coefficient (Wildman–Crippen LogP) is 3.92. The molecule has 16 heteroatoms. The first-order chi connectivity index (χ1) is 18.5. The normalized spacial score (nSPS) is 17.4. The van der Waals surface area contributed by atoms with Crippen LogP contribution in [0, 0.1) is 10.8 Å². The molecule has 8 N–H and O–H groups in total. The second kappa shape index (κ2) is 12.7. The zero-order valence-electron chi connectivity index (χ0n) is 21.7. The number of nitrogens with one attached hydrogen (secondary N) is 2. The summed E-state index contributed by atoms with van der Waals surface area (Å²) in [4.78, 5) is 9.72. The number of aromatic nitrogens is 2. The Morgan fingerprint density at radius 1 is 0.750 bits per heavy atom. The van der Waals surface area contributed by atoms with Crippen LogP contribution in [0.15, 0.2) is 36.4 Å². The highest BCUT2D eigenvalue weighted by atomic mass is 32.2. The van der Waals surface area contributed by atoms with Crippen LogP contribution in [0.3, 0.4) is 0 Å². The molecule has 1 aliphatic carbocycles. The van der Waals surface area contributed by atoms with Crippen molar-refractivity contribution in [1.82, 2.24) is 9.97 Å². The molecule has 0 atom stereocenters. The van der Waals surface area contributed by atoms with E-state index in [2.05, 4.69) is 0 Å². The molecule has 0 radical (unpaired) electrons. The molecule has 5 rings (SSSR count). The van der Waals surface area contributed by atoms with E-state index < -0.39 is 20.2 Å². The number of nitrogens with zero attached hydrogens (tertiary/aromatic N) is 2. The van der Waals surface area contributed by atoms with Crippen LogP contribution in [0.2, 0.25) is 0 Å². The van der Waals surface area contributed by atoms with Crippen LogP contribution in [0.25, 0.3) is 20.4 Å². The SMILES string of the molecule is CS(=O)(=O)O.CS(=O)(=O)O.N=C(N)c1ccc2nc(C3CCC(c4nc5ccc(C(=N)N)cc5s4)CC3)sc2c1. The lowest BCUT2D eigenvalue weighted by Crippen LogP contribution is -2.11. The maximum absolute atomic E-state index is 9.19. The van der Waals surface area contributed by atoms with Gasteiger partial charge in [0.1, 0.15) is 11.7 Å². The average molecular weight is 627 g/mol. The van der Waals surface area contributed by atoms with Gasteiger partial charge < -0.3 is 11.5 Å². The smallest absolute Gasteiger partial charge is 0.261 e. The molecule has 216 valence electrons. The molecule has 2 aromatic carbocycles. The van der Waals surface area contributed by atoms with Gasteiger partial charge in [0.25, 0.3) is 20.2 Å².